The topological polar surface area (TPSA) is 88.9 Å². The second kappa shape index (κ2) is 6.87. The Morgan fingerprint density at radius 3 is 2.62 bits per heavy atom. The third-order valence-corrected chi connectivity index (χ3v) is 4.94. The van der Waals surface area contributed by atoms with Crippen molar-refractivity contribution in [3.63, 3.8) is 0 Å². The highest BCUT2D eigenvalue weighted by Gasteiger charge is 2.35. The van der Waals surface area contributed by atoms with E-state index in [0.717, 1.165) is 22.0 Å². The summed E-state index contributed by atoms with van der Waals surface area (Å²) < 4.78 is 1.49. The van der Waals surface area contributed by atoms with Gasteiger partial charge in [-0.3, -0.25) is 14.9 Å². The fraction of sp³-hybridized carbons (Fsp3) is 0.0909. The number of hydrogen-bond donors (Lipinski definition) is 2. The Morgan fingerprint density at radius 1 is 1.00 bits per heavy atom. The number of benzene rings is 3. The predicted molar refractivity (Wildman–Crippen MR) is 110 cm³/mol. The summed E-state index contributed by atoms with van der Waals surface area (Å²) in [4.78, 5) is 29.4. The Hall–Kier alpha value is -4.00. The predicted octanol–water partition coefficient (Wildman–Crippen LogP) is 3.62. The van der Waals surface area contributed by atoms with Gasteiger partial charge in [0, 0.05) is 16.6 Å². The van der Waals surface area contributed by atoms with Crippen LogP contribution in [0.2, 0.25) is 0 Å². The number of anilines is 2. The number of carbonyl (C=O) groups excluding carboxylic acids is 2. The minimum Gasteiger partial charge on any atom is -0.325 e. The first-order valence-electron chi connectivity index (χ1n) is 9.29. The third-order valence-electron chi connectivity index (χ3n) is 4.94. The highest BCUT2D eigenvalue weighted by Crippen LogP contribution is 2.29. The van der Waals surface area contributed by atoms with E-state index >= 15 is 0 Å². The van der Waals surface area contributed by atoms with Gasteiger partial charge >= 0.3 is 0 Å². The van der Waals surface area contributed by atoms with E-state index in [2.05, 4.69) is 20.7 Å². The van der Waals surface area contributed by atoms with Crippen LogP contribution in [0.3, 0.4) is 0 Å². The zero-order valence-corrected chi connectivity index (χ0v) is 15.4. The molecule has 0 bridgehead atoms. The van der Waals surface area contributed by atoms with E-state index in [-0.39, 0.29) is 18.2 Å². The van der Waals surface area contributed by atoms with Crippen LogP contribution in [0.5, 0.6) is 0 Å². The van der Waals surface area contributed by atoms with Crippen molar-refractivity contribution in [2.45, 2.75) is 12.5 Å². The van der Waals surface area contributed by atoms with E-state index < -0.39 is 6.04 Å². The standard InChI is InChI=1S/C22H17N5O2/c28-19(23-17-12-6-10-14-7-4-5-11-16(14)17)13-18-21(29)25-22-24-20(26-27(18)22)15-8-2-1-3-9-15/h1-12,18H,13H2,(H,23,28)(H,24,25,26,29). The molecule has 0 saturated heterocycles. The maximum Gasteiger partial charge on any atom is 0.252 e. The number of carbonyl (C=O) groups is 2. The molecule has 0 fully saturated rings. The van der Waals surface area contributed by atoms with Gasteiger partial charge < -0.3 is 5.32 Å². The number of rotatable bonds is 4. The molecule has 7 heteroatoms. The molecule has 1 aliphatic heterocycles. The first-order valence-corrected chi connectivity index (χ1v) is 9.29. The molecule has 4 aromatic rings. The molecule has 3 aromatic carbocycles. The summed E-state index contributed by atoms with van der Waals surface area (Å²) in [5.41, 5.74) is 1.57. The van der Waals surface area contributed by atoms with E-state index in [1.165, 1.54) is 4.68 Å². The largest absolute Gasteiger partial charge is 0.325 e. The number of fused-ring (bicyclic) bond motifs is 2. The Morgan fingerprint density at radius 2 is 1.76 bits per heavy atom. The number of amides is 2. The SMILES string of the molecule is O=C(CC1C(=O)Nc2nc(-c3ccccc3)nn21)Nc1cccc2ccccc12. The number of nitrogens with zero attached hydrogens (tertiary/aromatic N) is 3. The van der Waals surface area contributed by atoms with Crippen molar-refractivity contribution in [2.24, 2.45) is 0 Å². The van der Waals surface area contributed by atoms with Crippen LogP contribution >= 0.6 is 0 Å². The summed E-state index contributed by atoms with van der Waals surface area (Å²) in [6.45, 7) is 0. The Kier molecular flexibility index (Phi) is 4.05. The highest BCUT2D eigenvalue weighted by molar-refractivity contribution is 6.05. The quantitative estimate of drug-likeness (QED) is 0.563. The second-order valence-corrected chi connectivity index (χ2v) is 6.85. The number of aromatic nitrogens is 3. The lowest BCUT2D eigenvalue weighted by Crippen LogP contribution is -2.23. The van der Waals surface area contributed by atoms with Gasteiger partial charge in [0.25, 0.3) is 5.91 Å². The lowest BCUT2D eigenvalue weighted by atomic mass is 10.1. The van der Waals surface area contributed by atoms with Crippen LogP contribution in [0.15, 0.2) is 72.8 Å². The monoisotopic (exact) mass is 383 g/mol. The third kappa shape index (κ3) is 3.12. The molecule has 0 aliphatic carbocycles. The van der Waals surface area contributed by atoms with Crippen molar-refractivity contribution in [2.75, 3.05) is 10.6 Å². The van der Waals surface area contributed by atoms with Crippen molar-refractivity contribution in [1.82, 2.24) is 14.8 Å². The Labute approximate surface area is 166 Å². The average molecular weight is 383 g/mol. The van der Waals surface area contributed by atoms with Crippen LogP contribution in [-0.2, 0) is 9.59 Å². The van der Waals surface area contributed by atoms with Crippen molar-refractivity contribution in [3.8, 4) is 11.4 Å². The van der Waals surface area contributed by atoms with E-state index in [1.54, 1.807) is 0 Å². The minimum absolute atomic E-state index is 0.0281. The number of hydrogen-bond acceptors (Lipinski definition) is 4. The molecule has 29 heavy (non-hydrogen) atoms. The molecule has 2 heterocycles. The van der Waals surface area contributed by atoms with E-state index in [9.17, 15) is 9.59 Å². The summed E-state index contributed by atoms with van der Waals surface area (Å²) in [5.74, 6) is 0.329. The van der Waals surface area contributed by atoms with Crippen LogP contribution in [-0.4, -0.2) is 26.6 Å². The molecule has 0 radical (unpaired) electrons. The molecule has 2 N–H and O–H groups in total. The van der Waals surface area contributed by atoms with Gasteiger partial charge in [-0.1, -0.05) is 66.7 Å². The molecular formula is C22H17N5O2. The summed E-state index contributed by atoms with van der Waals surface area (Å²) in [6, 6.07) is 22.3. The van der Waals surface area contributed by atoms with Crippen molar-refractivity contribution in [3.05, 3.63) is 72.8 Å². The van der Waals surface area contributed by atoms with E-state index in [1.807, 2.05) is 72.8 Å². The zero-order chi connectivity index (χ0) is 19.8. The lowest BCUT2D eigenvalue weighted by molar-refractivity contribution is -0.123. The van der Waals surface area contributed by atoms with Crippen LogP contribution in [0.1, 0.15) is 12.5 Å². The maximum atomic E-state index is 12.7. The molecule has 5 rings (SSSR count). The second-order valence-electron chi connectivity index (χ2n) is 6.85. The molecule has 0 saturated carbocycles. The van der Waals surface area contributed by atoms with Crippen LogP contribution < -0.4 is 10.6 Å². The maximum absolute atomic E-state index is 12.7. The van der Waals surface area contributed by atoms with Gasteiger partial charge in [-0.25, -0.2) is 4.68 Å². The Balaban J connectivity index is 1.38. The smallest absolute Gasteiger partial charge is 0.252 e. The molecule has 1 unspecified atom stereocenters. The molecular weight excluding hydrogens is 366 g/mol. The zero-order valence-electron chi connectivity index (χ0n) is 15.4. The van der Waals surface area contributed by atoms with E-state index in [4.69, 9.17) is 0 Å². The van der Waals surface area contributed by atoms with Gasteiger partial charge in [-0.15, -0.1) is 5.10 Å². The van der Waals surface area contributed by atoms with Crippen molar-refractivity contribution >= 4 is 34.2 Å². The van der Waals surface area contributed by atoms with Gasteiger partial charge in [0.1, 0.15) is 6.04 Å². The molecule has 1 aromatic heterocycles. The van der Waals surface area contributed by atoms with Crippen molar-refractivity contribution < 1.29 is 9.59 Å². The molecule has 2 amide bonds. The van der Waals surface area contributed by atoms with Gasteiger partial charge in [-0.2, -0.15) is 4.98 Å². The molecule has 142 valence electrons. The summed E-state index contributed by atoms with van der Waals surface area (Å²) in [6.07, 6.45) is -0.0281. The van der Waals surface area contributed by atoms with E-state index in [0.29, 0.717) is 11.8 Å². The summed E-state index contributed by atoms with van der Waals surface area (Å²) >= 11 is 0. The average Bonchev–Trinajstić information content (AvgIpc) is 3.28. The van der Waals surface area contributed by atoms with Gasteiger partial charge in [0.2, 0.25) is 11.9 Å². The molecule has 0 spiro atoms. The summed E-state index contributed by atoms with van der Waals surface area (Å²) in [5, 5.41) is 12.1. The molecule has 1 atom stereocenters. The van der Waals surface area contributed by atoms with Crippen LogP contribution in [0.4, 0.5) is 11.6 Å². The summed E-state index contributed by atoms with van der Waals surface area (Å²) in [7, 11) is 0. The Bertz CT molecular complexity index is 1230. The van der Waals surface area contributed by atoms with Gasteiger partial charge in [0.05, 0.1) is 6.42 Å². The first kappa shape index (κ1) is 17.1. The van der Waals surface area contributed by atoms with Gasteiger partial charge in [-0.05, 0) is 11.5 Å². The van der Waals surface area contributed by atoms with Crippen LogP contribution in [0.25, 0.3) is 22.2 Å². The van der Waals surface area contributed by atoms with Gasteiger partial charge in [0.15, 0.2) is 5.82 Å². The molecule has 7 nitrogen and oxygen atoms in total. The highest BCUT2D eigenvalue weighted by atomic mass is 16.2. The van der Waals surface area contributed by atoms with Crippen LogP contribution in [0, 0.1) is 0 Å². The normalized spacial score (nSPS) is 15.2. The number of nitrogens with one attached hydrogen (secondary N) is 2. The first-order chi connectivity index (χ1) is 14.2. The fourth-order valence-electron chi connectivity index (χ4n) is 3.53. The van der Waals surface area contributed by atoms with Crippen molar-refractivity contribution in [1.29, 1.82) is 0 Å². The fourth-order valence-corrected chi connectivity index (χ4v) is 3.53. The minimum atomic E-state index is -0.732. The molecule has 1 aliphatic rings. The lowest BCUT2D eigenvalue weighted by Gasteiger charge is -2.11.